The van der Waals surface area contributed by atoms with Gasteiger partial charge in [0.05, 0.1) is 22.8 Å². The average Bonchev–Trinajstić information content (AvgIpc) is 2.68. The van der Waals surface area contributed by atoms with Gasteiger partial charge in [-0.15, -0.1) is 0 Å². The van der Waals surface area contributed by atoms with Crippen molar-refractivity contribution in [2.24, 2.45) is 0 Å². The number of hydrogen-bond donors (Lipinski definition) is 2. The molecule has 0 aromatic carbocycles. The average molecular weight is 273 g/mol. The van der Waals surface area contributed by atoms with Crippen LogP contribution in [0.3, 0.4) is 0 Å². The van der Waals surface area contributed by atoms with Crippen molar-refractivity contribution in [3.63, 3.8) is 0 Å². The van der Waals surface area contributed by atoms with Gasteiger partial charge in [-0.2, -0.15) is 0 Å². The summed E-state index contributed by atoms with van der Waals surface area (Å²) in [5, 5.41) is 3.69. The second-order valence-electron chi connectivity index (χ2n) is 3.40. The van der Waals surface area contributed by atoms with Gasteiger partial charge >= 0.3 is 0 Å². The van der Waals surface area contributed by atoms with E-state index in [9.17, 15) is 0 Å². The molecule has 2 rings (SSSR count). The molecular formula is C10H10Cl2N4O. The van der Waals surface area contributed by atoms with Gasteiger partial charge in [0.15, 0.2) is 0 Å². The van der Waals surface area contributed by atoms with Crippen LogP contribution in [0.2, 0.25) is 10.0 Å². The van der Waals surface area contributed by atoms with E-state index in [1.54, 1.807) is 6.20 Å². The lowest BCUT2D eigenvalue weighted by atomic mass is 10.4. The molecule has 2 aromatic rings. The number of oxazole rings is 1. The van der Waals surface area contributed by atoms with Crippen LogP contribution in [-0.4, -0.2) is 9.97 Å². The Hall–Kier alpha value is -1.46. The van der Waals surface area contributed by atoms with E-state index in [4.69, 9.17) is 33.4 Å². The number of nitrogens with two attached hydrogens (primary N) is 1. The Bertz CT molecular complexity index is 541. The van der Waals surface area contributed by atoms with E-state index >= 15 is 0 Å². The van der Waals surface area contributed by atoms with E-state index in [1.165, 1.54) is 6.07 Å². The Kier molecular flexibility index (Phi) is 3.40. The Morgan fingerprint density at radius 2 is 2.18 bits per heavy atom. The molecule has 2 aromatic heterocycles. The fourth-order valence-corrected chi connectivity index (χ4v) is 1.67. The zero-order valence-electron chi connectivity index (χ0n) is 9.00. The first-order valence-electron chi connectivity index (χ1n) is 4.83. The Balaban J connectivity index is 2.11. The largest absolute Gasteiger partial charge is 0.444 e. The lowest BCUT2D eigenvalue weighted by Crippen LogP contribution is -2.04. The quantitative estimate of drug-likeness (QED) is 0.899. The summed E-state index contributed by atoms with van der Waals surface area (Å²) < 4.78 is 5.30. The number of rotatable bonds is 3. The minimum atomic E-state index is 0.224. The highest BCUT2D eigenvalue weighted by atomic mass is 35.5. The molecule has 0 spiro atoms. The zero-order valence-corrected chi connectivity index (χ0v) is 10.5. The van der Waals surface area contributed by atoms with Crippen LogP contribution in [0.15, 0.2) is 16.7 Å². The van der Waals surface area contributed by atoms with Crippen molar-refractivity contribution in [2.45, 2.75) is 13.5 Å². The van der Waals surface area contributed by atoms with Crippen LogP contribution in [0.1, 0.15) is 11.7 Å². The third-order valence-electron chi connectivity index (χ3n) is 2.03. The van der Waals surface area contributed by atoms with Crippen LogP contribution >= 0.6 is 23.2 Å². The van der Waals surface area contributed by atoms with E-state index in [1.807, 2.05) is 6.92 Å². The number of hydrogen-bond acceptors (Lipinski definition) is 5. The fraction of sp³-hybridized carbons (Fsp3) is 0.200. The molecule has 5 nitrogen and oxygen atoms in total. The lowest BCUT2D eigenvalue weighted by molar-refractivity contribution is 0.479. The van der Waals surface area contributed by atoms with E-state index < -0.39 is 0 Å². The van der Waals surface area contributed by atoms with Crippen molar-refractivity contribution < 1.29 is 4.42 Å². The van der Waals surface area contributed by atoms with E-state index in [2.05, 4.69) is 15.3 Å². The maximum Gasteiger partial charge on any atom is 0.213 e. The summed E-state index contributed by atoms with van der Waals surface area (Å²) in [6.07, 6.45) is 1.64. The molecule has 0 saturated heterocycles. The number of nitrogens with one attached hydrogen (secondary N) is 1. The molecule has 2 heterocycles. The number of pyridine rings is 1. The van der Waals surface area contributed by atoms with Gasteiger partial charge in [0.2, 0.25) is 5.89 Å². The smallest absolute Gasteiger partial charge is 0.213 e. The van der Waals surface area contributed by atoms with Gasteiger partial charge in [-0.05, 0) is 13.0 Å². The summed E-state index contributed by atoms with van der Waals surface area (Å²) in [4.78, 5) is 8.07. The standard InChI is InChI=1S/C10H10Cl2N4O/c1-5-3-14-8(17-5)4-15-10-7(12)2-6(11)9(13)16-10/h2-3H,4H2,1H3,(H3,13,15,16). The molecule has 0 radical (unpaired) electrons. The molecule has 3 N–H and O–H groups in total. The van der Waals surface area contributed by atoms with E-state index in [0.29, 0.717) is 28.3 Å². The summed E-state index contributed by atoms with van der Waals surface area (Å²) in [5.74, 6) is 1.97. The van der Waals surface area contributed by atoms with Crippen molar-refractivity contribution in [2.75, 3.05) is 11.1 Å². The second-order valence-corrected chi connectivity index (χ2v) is 4.22. The first-order valence-corrected chi connectivity index (χ1v) is 5.58. The van der Waals surface area contributed by atoms with Crippen molar-refractivity contribution in [1.82, 2.24) is 9.97 Å². The van der Waals surface area contributed by atoms with Crippen LogP contribution in [0.4, 0.5) is 11.6 Å². The highest BCUT2D eigenvalue weighted by molar-refractivity contribution is 6.37. The first-order chi connectivity index (χ1) is 8.06. The van der Waals surface area contributed by atoms with Gasteiger partial charge in [-0.25, -0.2) is 9.97 Å². The van der Waals surface area contributed by atoms with Gasteiger partial charge in [0.1, 0.15) is 17.4 Å². The van der Waals surface area contributed by atoms with Gasteiger partial charge in [0, 0.05) is 0 Å². The molecular weight excluding hydrogens is 263 g/mol. The SMILES string of the molecule is Cc1cnc(CNc2nc(N)c(Cl)cc2Cl)o1. The molecule has 0 aliphatic rings. The zero-order chi connectivity index (χ0) is 12.4. The lowest BCUT2D eigenvalue weighted by Gasteiger charge is -2.07. The summed E-state index contributed by atoms with van der Waals surface area (Å²) in [6, 6.07) is 1.54. The number of anilines is 2. The molecule has 0 bridgehead atoms. The highest BCUT2D eigenvalue weighted by Crippen LogP contribution is 2.27. The van der Waals surface area contributed by atoms with Crippen LogP contribution < -0.4 is 11.1 Å². The minimum Gasteiger partial charge on any atom is -0.444 e. The van der Waals surface area contributed by atoms with Gasteiger partial charge in [-0.3, -0.25) is 0 Å². The fourth-order valence-electron chi connectivity index (χ4n) is 1.25. The van der Waals surface area contributed by atoms with Gasteiger partial charge in [0.25, 0.3) is 0 Å². The van der Waals surface area contributed by atoms with Gasteiger partial charge in [-0.1, -0.05) is 23.2 Å². The number of halogens is 2. The highest BCUT2D eigenvalue weighted by Gasteiger charge is 2.08. The van der Waals surface area contributed by atoms with Crippen LogP contribution in [0.25, 0.3) is 0 Å². The summed E-state index contributed by atoms with van der Waals surface area (Å²) in [5.41, 5.74) is 5.58. The molecule has 0 aliphatic carbocycles. The number of aryl methyl sites for hydroxylation is 1. The van der Waals surface area contributed by atoms with Crippen molar-refractivity contribution in [3.05, 3.63) is 34.0 Å². The molecule has 7 heteroatoms. The number of aromatic nitrogens is 2. The maximum absolute atomic E-state index is 5.96. The molecule has 0 aliphatic heterocycles. The predicted molar refractivity (Wildman–Crippen MR) is 67.2 cm³/mol. The minimum absolute atomic E-state index is 0.224. The Morgan fingerprint density at radius 3 is 2.82 bits per heavy atom. The molecule has 0 unspecified atom stereocenters. The summed E-state index contributed by atoms with van der Waals surface area (Å²) in [6.45, 7) is 2.20. The molecule has 90 valence electrons. The molecule has 0 atom stereocenters. The van der Waals surface area contributed by atoms with Crippen LogP contribution in [0.5, 0.6) is 0 Å². The monoisotopic (exact) mass is 272 g/mol. The summed E-state index contributed by atoms with van der Waals surface area (Å²) in [7, 11) is 0. The normalized spacial score (nSPS) is 10.5. The molecule has 0 saturated carbocycles. The summed E-state index contributed by atoms with van der Waals surface area (Å²) >= 11 is 11.7. The van der Waals surface area contributed by atoms with Crippen LogP contribution in [0, 0.1) is 6.92 Å². The predicted octanol–water partition coefficient (Wildman–Crippen LogP) is 2.88. The van der Waals surface area contributed by atoms with Gasteiger partial charge < -0.3 is 15.5 Å². The Labute approximate surface area is 108 Å². The van der Waals surface area contributed by atoms with Crippen molar-refractivity contribution in [1.29, 1.82) is 0 Å². The van der Waals surface area contributed by atoms with E-state index in [-0.39, 0.29) is 5.82 Å². The number of nitrogen functional groups attached to an aromatic ring is 1. The molecule has 0 fully saturated rings. The molecule has 17 heavy (non-hydrogen) atoms. The third-order valence-corrected chi connectivity index (χ3v) is 2.62. The van der Waals surface area contributed by atoms with Crippen LogP contribution in [-0.2, 0) is 6.54 Å². The molecule has 0 amide bonds. The van der Waals surface area contributed by atoms with E-state index in [0.717, 1.165) is 5.76 Å². The second kappa shape index (κ2) is 4.81. The third kappa shape index (κ3) is 2.81. The van der Waals surface area contributed by atoms with Crippen molar-refractivity contribution in [3.8, 4) is 0 Å². The van der Waals surface area contributed by atoms with Crippen molar-refractivity contribution >= 4 is 34.8 Å². The number of nitrogens with zero attached hydrogens (tertiary/aromatic N) is 2. The Morgan fingerprint density at radius 1 is 1.41 bits per heavy atom. The first kappa shape index (κ1) is 12.0. The maximum atomic E-state index is 5.96. The topological polar surface area (TPSA) is 77.0 Å².